The highest BCUT2D eigenvalue weighted by molar-refractivity contribution is 7.73. The third-order valence-electron chi connectivity index (χ3n) is 2.01. The summed E-state index contributed by atoms with van der Waals surface area (Å²) in [6.07, 6.45) is 1.76. The average molecular weight is 306 g/mol. The van der Waals surface area contributed by atoms with Crippen molar-refractivity contribution in [1.29, 1.82) is 0 Å². The van der Waals surface area contributed by atoms with E-state index in [1.165, 1.54) is 0 Å². The van der Waals surface area contributed by atoms with Crippen molar-refractivity contribution >= 4 is 52.8 Å². The average Bonchev–Trinajstić information content (AvgIpc) is 2.58. The predicted octanol–water partition coefficient (Wildman–Crippen LogP) is 2.13. The number of primary amides is 1. The lowest BCUT2D eigenvalue weighted by atomic mass is 10.4. The van der Waals surface area contributed by atoms with Crippen LogP contribution in [0.15, 0.2) is 12.7 Å². The van der Waals surface area contributed by atoms with Gasteiger partial charge in [0.05, 0.1) is 0 Å². The Labute approximate surface area is 118 Å². The zero-order valence-corrected chi connectivity index (χ0v) is 11.8. The summed E-state index contributed by atoms with van der Waals surface area (Å²) in [5, 5.41) is 2.60. The Bertz CT molecular complexity index is 536. The van der Waals surface area contributed by atoms with Gasteiger partial charge >= 0.3 is 0 Å². The van der Waals surface area contributed by atoms with Crippen LogP contribution in [0.1, 0.15) is 16.1 Å². The van der Waals surface area contributed by atoms with Crippen LogP contribution in [0, 0.1) is 3.95 Å². The van der Waals surface area contributed by atoms with Gasteiger partial charge in [0, 0.05) is 18.8 Å². The zero-order chi connectivity index (χ0) is 13.7. The Balaban J connectivity index is 3.19. The van der Waals surface area contributed by atoms with Crippen LogP contribution in [-0.2, 0) is 11.3 Å². The second-order valence-electron chi connectivity index (χ2n) is 3.30. The number of nitrogens with two attached hydrogens (primary N) is 1. The van der Waals surface area contributed by atoms with Crippen molar-refractivity contribution in [3.8, 4) is 0 Å². The fraction of sp³-hybridized carbons (Fsp3) is 0.300. The summed E-state index contributed by atoms with van der Waals surface area (Å²) in [4.78, 5) is 23.1. The number of rotatable bonds is 6. The molecule has 2 amide bonds. The first-order chi connectivity index (χ1) is 8.51. The highest BCUT2D eigenvalue weighted by Crippen LogP contribution is 2.24. The molecule has 0 unspecified atom stereocenters. The first-order valence-electron chi connectivity index (χ1n) is 5.01. The SMILES string of the molecule is C=CCn1c(NC(=O)CCCl)c(C(N)=O)sc1=S. The molecule has 1 aromatic rings. The number of hydrogen-bond acceptors (Lipinski definition) is 4. The van der Waals surface area contributed by atoms with Crippen LogP contribution >= 0.6 is 35.2 Å². The number of amides is 2. The van der Waals surface area contributed by atoms with Crippen LogP contribution in [0.2, 0.25) is 0 Å². The molecular formula is C10H12ClN3O2S2. The molecule has 3 N–H and O–H groups in total. The van der Waals surface area contributed by atoms with E-state index in [4.69, 9.17) is 29.6 Å². The molecule has 0 saturated heterocycles. The van der Waals surface area contributed by atoms with Gasteiger partial charge in [-0.15, -0.1) is 18.2 Å². The lowest BCUT2D eigenvalue weighted by Crippen LogP contribution is -2.19. The predicted molar refractivity (Wildman–Crippen MR) is 75.8 cm³/mol. The van der Waals surface area contributed by atoms with Gasteiger partial charge in [-0.2, -0.15) is 0 Å². The molecule has 0 fully saturated rings. The molecule has 0 spiro atoms. The number of halogens is 1. The maximum Gasteiger partial charge on any atom is 0.262 e. The number of allylic oxidation sites excluding steroid dienone is 1. The van der Waals surface area contributed by atoms with Gasteiger partial charge in [0.1, 0.15) is 10.7 Å². The van der Waals surface area contributed by atoms with E-state index >= 15 is 0 Å². The summed E-state index contributed by atoms with van der Waals surface area (Å²) < 4.78 is 2.05. The second-order valence-corrected chi connectivity index (χ2v) is 5.32. The minimum atomic E-state index is -0.630. The molecular weight excluding hydrogens is 294 g/mol. The van der Waals surface area contributed by atoms with E-state index in [1.54, 1.807) is 10.6 Å². The smallest absolute Gasteiger partial charge is 0.262 e. The minimum Gasteiger partial charge on any atom is -0.365 e. The summed E-state index contributed by atoms with van der Waals surface area (Å²) in [5.41, 5.74) is 5.25. The minimum absolute atomic E-state index is 0.149. The van der Waals surface area contributed by atoms with Crippen molar-refractivity contribution in [3.05, 3.63) is 21.5 Å². The highest BCUT2D eigenvalue weighted by atomic mass is 35.5. The number of nitrogens with zero attached hydrogens (tertiary/aromatic N) is 1. The number of nitrogens with one attached hydrogen (secondary N) is 1. The highest BCUT2D eigenvalue weighted by Gasteiger charge is 2.18. The Morgan fingerprint density at radius 2 is 2.28 bits per heavy atom. The Kier molecular flexibility index (Phi) is 5.52. The molecule has 8 heteroatoms. The van der Waals surface area contributed by atoms with Crippen LogP contribution in [0.4, 0.5) is 5.82 Å². The van der Waals surface area contributed by atoms with E-state index in [0.717, 1.165) is 11.3 Å². The first kappa shape index (κ1) is 14.9. The van der Waals surface area contributed by atoms with Gasteiger partial charge in [-0.05, 0) is 12.2 Å². The van der Waals surface area contributed by atoms with Gasteiger partial charge in [0.15, 0.2) is 3.95 Å². The molecule has 5 nitrogen and oxygen atoms in total. The van der Waals surface area contributed by atoms with Crippen molar-refractivity contribution in [2.75, 3.05) is 11.2 Å². The summed E-state index contributed by atoms with van der Waals surface area (Å²) in [7, 11) is 0. The van der Waals surface area contributed by atoms with Crippen LogP contribution in [0.3, 0.4) is 0 Å². The van der Waals surface area contributed by atoms with Crippen molar-refractivity contribution in [2.45, 2.75) is 13.0 Å². The topological polar surface area (TPSA) is 77.1 Å². The number of alkyl halides is 1. The van der Waals surface area contributed by atoms with E-state index < -0.39 is 5.91 Å². The number of anilines is 1. The van der Waals surface area contributed by atoms with Crippen molar-refractivity contribution in [2.24, 2.45) is 5.73 Å². The van der Waals surface area contributed by atoms with Gasteiger partial charge in [-0.25, -0.2) is 0 Å². The standard InChI is InChI=1S/C10H12ClN3O2S2/c1-2-5-14-9(13-6(15)3-4-11)7(8(12)16)18-10(14)17/h2H,1,3-5H2,(H2,12,16)(H,13,15). The Morgan fingerprint density at radius 3 is 2.78 bits per heavy atom. The zero-order valence-electron chi connectivity index (χ0n) is 9.44. The third-order valence-corrected chi connectivity index (χ3v) is 3.66. The second kappa shape index (κ2) is 6.67. The molecule has 0 saturated carbocycles. The molecule has 98 valence electrons. The molecule has 0 radical (unpaired) electrons. The van der Waals surface area contributed by atoms with Gasteiger partial charge in [0.2, 0.25) is 5.91 Å². The van der Waals surface area contributed by atoms with E-state index in [0.29, 0.717) is 16.3 Å². The van der Waals surface area contributed by atoms with Crippen molar-refractivity contribution in [1.82, 2.24) is 4.57 Å². The molecule has 0 aliphatic rings. The molecule has 0 bridgehead atoms. The number of carbonyl (C=O) groups excluding carboxylic acids is 2. The Hall–Kier alpha value is -1.18. The fourth-order valence-corrected chi connectivity index (χ4v) is 2.67. The molecule has 0 aromatic carbocycles. The quantitative estimate of drug-likeness (QED) is 0.480. The van der Waals surface area contributed by atoms with E-state index in [1.807, 2.05) is 0 Å². The van der Waals surface area contributed by atoms with Crippen LogP contribution < -0.4 is 11.1 Å². The number of aromatic nitrogens is 1. The number of hydrogen-bond donors (Lipinski definition) is 2. The van der Waals surface area contributed by atoms with Crippen LogP contribution in [-0.4, -0.2) is 22.3 Å². The molecule has 0 aliphatic heterocycles. The lowest BCUT2D eigenvalue weighted by Gasteiger charge is -2.08. The maximum absolute atomic E-state index is 11.5. The summed E-state index contributed by atoms with van der Waals surface area (Å²) in [6.45, 7) is 3.98. The largest absolute Gasteiger partial charge is 0.365 e. The van der Waals surface area contributed by atoms with Crippen molar-refractivity contribution < 1.29 is 9.59 Å². The first-order valence-corrected chi connectivity index (χ1v) is 6.77. The van der Waals surface area contributed by atoms with E-state index in [2.05, 4.69) is 11.9 Å². The molecule has 1 heterocycles. The molecule has 0 aliphatic carbocycles. The van der Waals surface area contributed by atoms with Gasteiger partial charge in [-0.1, -0.05) is 17.4 Å². The van der Waals surface area contributed by atoms with Crippen LogP contribution in [0.5, 0.6) is 0 Å². The monoisotopic (exact) mass is 305 g/mol. The van der Waals surface area contributed by atoms with Crippen LogP contribution in [0.25, 0.3) is 0 Å². The maximum atomic E-state index is 11.5. The summed E-state index contributed by atoms with van der Waals surface area (Å²) in [6, 6.07) is 0. The number of thiazole rings is 1. The molecule has 18 heavy (non-hydrogen) atoms. The fourth-order valence-electron chi connectivity index (χ4n) is 1.27. The van der Waals surface area contributed by atoms with Gasteiger partial charge in [0.25, 0.3) is 5.91 Å². The van der Waals surface area contributed by atoms with Gasteiger partial charge < -0.3 is 15.6 Å². The van der Waals surface area contributed by atoms with Crippen molar-refractivity contribution in [3.63, 3.8) is 0 Å². The summed E-state index contributed by atoms with van der Waals surface area (Å²) >= 11 is 11.6. The molecule has 0 atom stereocenters. The van der Waals surface area contributed by atoms with E-state index in [9.17, 15) is 9.59 Å². The summed E-state index contributed by atoms with van der Waals surface area (Å²) in [5.74, 6) is -0.412. The van der Waals surface area contributed by atoms with E-state index in [-0.39, 0.29) is 23.1 Å². The van der Waals surface area contributed by atoms with Gasteiger partial charge in [-0.3, -0.25) is 9.59 Å². The molecule has 1 rings (SSSR count). The Morgan fingerprint density at radius 1 is 1.61 bits per heavy atom. The third kappa shape index (κ3) is 3.41. The normalized spacial score (nSPS) is 10.1. The lowest BCUT2D eigenvalue weighted by molar-refractivity contribution is -0.115. The number of carbonyl (C=O) groups is 2. The molecule has 1 aromatic heterocycles.